The van der Waals surface area contributed by atoms with E-state index in [1.807, 2.05) is 60.8 Å². The normalized spacial score (nSPS) is 10.9. The first-order valence-corrected chi connectivity index (χ1v) is 9.70. The van der Waals surface area contributed by atoms with E-state index in [9.17, 15) is 4.79 Å². The van der Waals surface area contributed by atoms with Crippen LogP contribution in [0, 0.1) is 0 Å². The van der Waals surface area contributed by atoms with Crippen molar-refractivity contribution >= 4 is 34.1 Å². The zero-order valence-electron chi connectivity index (χ0n) is 14.9. The number of nitrogens with zero attached hydrogens (tertiary/aromatic N) is 2. The molecule has 2 aromatic carbocycles. The third-order valence-electron chi connectivity index (χ3n) is 4.36. The molecule has 0 atom stereocenters. The monoisotopic (exact) mass is 378 g/mol. The number of fused-ring (bicyclic) bond motifs is 1. The fourth-order valence-corrected chi connectivity index (χ4v) is 3.48. The number of hydrogen-bond donors (Lipinski definition) is 2. The first-order chi connectivity index (χ1) is 13.2. The number of rotatable bonds is 5. The highest BCUT2D eigenvalue weighted by molar-refractivity contribution is 7.07. The second-order valence-corrected chi connectivity index (χ2v) is 6.91. The van der Waals surface area contributed by atoms with Gasteiger partial charge >= 0.3 is 11.9 Å². The second-order valence-electron chi connectivity index (χ2n) is 6.19. The summed E-state index contributed by atoms with van der Waals surface area (Å²) in [4.78, 5) is 25.4. The molecule has 2 heterocycles. The molecule has 0 spiro atoms. The zero-order chi connectivity index (χ0) is 18.6. The molecular weight excluding hydrogens is 358 g/mol. The Bertz CT molecular complexity index is 1040. The Morgan fingerprint density at radius 3 is 2.85 bits per heavy atom. The van der Waals surface area contributed by atoms with Crippen LogP contribution in [0.1, 0.15) is 12.5 Å². The number of carbonyl (C=O) groups excluding carboxylic acids is 1. The summed E-state index contributed by atoms with van der Waals surface area (Å²) in [5.41, 5.74) is 6.42. The van der Waals surface area contributed by atoms with Gasteiger partial charge in [0.25, 0.3) is 0 Å². The number of benzene rings is 2. The number of carbonyl (C=O) groups is 1. The number of nitrogens with one attached hydrogen (secondary N) is 3. The highest BCUT2D eigenvalue weighted by Crippen LogP contribution is 2.20. The van der Waals surface area contributed by atoms with E-state index in [2.05, 4.69) is 20.3 Å². The summed E-state index contributed by atoms with van der Waals surface area (Å²) in [6.45, 7) is 3.19. The van der Waals surface area contributed by atoms with Crippen LogP contribution >= 0.6 is 11.3 Å². The zero-order valence-corrected chi connectivity index (χ0v) is 15.7. The second kappa shape index (κ2) is 7.59. The summed E-state index contributed by atoms with van der Waals surface area (Å²) < 4.78 is 0. The van der Waals surface area contributed by atoms with Crippen molar-refractivity contribution < 1.29 is 9.78 Å². The molecule has 0 saturated heterocycles. The van der Waals surface area contributed by atoms with Gasteiger partial charge in [0.15, 0.2) is 16.7 Å². The third kappa shape index (κ3) is 3.83. The van der Waals surface area contributed by atoms with Crippen molar-refractivity contribution in [2.75, 3.05) is 11.9 Å². The van der Waals surface area contributed by atoms with Gasteiger partial charge in [-0.2, -0.15) is 0 Å². The number of aromatic amines is 2. The predicted octanol–water partition coefficient (Wildman–Crippen LogP) is 4.16. The van der Waals surface area contributed by atoms with Crippen molar-refractivity contribution in [3.05, 3.63) is 65.0 Å². The van der Waals surface area contributed by atoms with Gasteiger partial charge in [0, 0.05) is 30.2 Å². The van der Waals surface area contributed by atoms with E-state index < -0.39 is 0 Å². The lowest BCUT2D eigenvalue weighted by molar-refractivity contribution is -0.330. The fourth-order valence-electron chi connectivity index (χ4n) is 2.93. The first-order valence-electron chi connectivity index (χ1n) is 8.76. The number of anilines is 1. The highest BCUT2D eigenvalue weighted by atomic mass is 32.1. The van der Waals surface area contributed by atoms with Crippen molar-refractivity contribution in [3.8, 4) is 11.5 Å². The van der Waals surface area contributed by atoms with Gasteiger partial charge in [-0.3, -0.25) is 0 Å². The van der Waals surface area contributed by atoms with Crippen LogP contribution in [0.4, 0.5) is 10.5 Å². The van der Waals surface area contributed by atoms with Gasteiger partial charge in [0.1, 0.15) is 0 Å². The first kappa shape index (κ1) is 17.2. The molecule has 0 bridgehead atoms. The molecule has 0 fully saturated rings. The Morgan fingerprint density at radius 2 is 2.11 bits per heavy atom. The average Bonchev–Trinajstić information content (AvgIpc) is 3.36. The Morgan fingerprint density at radius 1 is 1.26 bits per heavy atom. The van der Waals surface area contributed by atoms with E-state index in [0.29, 0.717) is 13.1 Å². The molecule has 0 saturated carbocycles. The molecule has 0 radical (unpaired) electrons. The van der Waals surface area contributed by atoms with Gasteiger partial charge in [-0.15, -0.1) is 11.3 Å². The van der Waals surface area contributed by atoms with Gasteiger partial charge in [-0.1, -0.05) is 30.3 Å². The van der Waals surface area contributed by atoms with E-state index >= 15 is 0 Å². The van der Waals surface area contributed by atoms with Crippen molar-refractivity contribution in [3.63, 3.8) is 0 Å². The lowest BCUT2D eigenvalue weighted by atomic mass is 10.2. The minimum atomic E-state index is -0.115. The van der Waals surface area contributed by atoms with Gasteiger partial charge in [-0.25, -0.2) is 19.7 Å². The smallest absolute Gasteiger partial charge is 0.320 e. The molecule has 3 N–H and O–H groups in total. The molecular formula is C20H20N5OS+. The van der Waals surface area contributed by atoms with Crippen LogP contribution < -0.4 is 10.3 Å². The minimum Gasteiger partial charge on any atom is -0.320 e. The number of urea groups is 1. The molecule has 7 heteroatoms. The number of imidazole rings is 1. The van der Waals surface area contributed by atoms with Gasteiger partial charge in [0.2, 0.25) is 0 Å². The van der Waals surface area contributed by atoms with E-state index in [-0.39, 0.29) is 6.03 Å². The molecule has 2 amide bonds. The van der Waals surface area contributed by atoms with Crippen LogP contribution in [0.25, 0.3) is 22.6 Å². The van der Waals surface area contributed by atoms with Crippen LogP contribution in [0.2, 0.25) is 0 Å². The highest BCUT2D eigenvalue weighted by Gasteiger charge is 2.16. The maximum Gasteiger partial charge on any atom is 0.322 e. The van der Waals surface area contributed by atoms with Crippen LogP contribution in [0.5, 0.6) is 0 Å². The number of aromatic nitrogens is 3. The maximum absolute atomic E-state index is 12.7. The molecule has 6 nitrogen and oxygen atoms in total. The molecule has 0 aliphatic heterocycles. The van der Waals surface area contributed by atoms with Crippen molar-refractivity contribution in [1.29, 1.82) is 0 Å². The third-order valence-corrected chi connectivity index (χ3v) is 4.95. The van der Waals surface area contributed by atoms with Crippen LogP contribution in [0.15, 0.2) is 59.4 Å². The predicted molar refractivity (Wildman–Crippen MR) is 108 cm³/mol. The molecule has 0 unspecified atom stereocenters. The Balaban J connectivity index is 1.50. The Labute approximate surface area is 160 Å². The largest absolute Gasteiger partial charge is 0.322 e. The Hall–Kier alpha value is -3.19. The van der Waals surface area contributed by atoms with Crippen molar-refractivity contribution in [2.45, 2.75) is 13.5 Å². The van der Waals surface area contributed by atoms with Crippen LogP contribution in [-0.2, 0) is 6.54 Å². The summed E-state index contributed by atoms with van der Waals surface area (Å²) in [6.07, 6.45) is 0. The topological polar surface area (TPSA) is 75.2 Å². The molecule has 136 valence electrons. The summed E-state index contributed by atoms with van der Waals surface area (Å²) >= 11 is 1.55. The lowest BCUT2D eigenvalue weighted by Gasteiger charge is -2.21. The van der Waals surface area contributed by atoms with Gasteiger partial charge in [0.05, 0.1) is 5.51 Å². The standard InChI is InChI=1S/C20H19N5OS/c1-2-25(11-14-6-4-3-5-7-14)20(26)22-15-8-9-16-17(10-15)24-19(23-16)18-12-27-13-21-18/h3-10,12-13H,2,11H2,1H3,(H,22,26)(H,23,24)/p+1. The summed E-state index contributed by atoms with van der Waals surface area (Å²) in [6, 6.07) is 15.6. The lowest BCUT2D eigenvalue weighted by Crippen LogP contribution is -2.34. The van der Waals surface area contributed by atoms with Gasteiger partial charge < -0.3 is 10.2 Å². The number of amides is 2. The molecule has 4 rings (SSSR count). The molecule has 27 heavy (non-hydrogen) atoms. The molecule has 4 aromatic rings. The fraction of sp³-hybridized carbons (Fsp3) is 0.150. The average molecular weight is 378 g/mol. The van der Waals surface area contributed by atoms with Crippen molar-refractivity contribution in [1.82, 2.24) is 14.9 Å². The maximum atomic E-state index is 12.7. The van der Waals surface area contributed by atoms with Crippen LogP contribution in [-0.4, -0.2) is 27.4 Å². The van der Waals surface area contributed by atoms with E-state index in [1.54, 1.807) is 21.7 Å². The number of hydrogen-bond acceptors (Lipinski definition) is 3. The quantitative estimate of drug-likeness (QED) is 0.547. The number of H-pyrrole nitrogens is 2. The minimum absolute atomic E-state index is 0.115. The Kier molecular flexibility index (Phi) is 4.84. The molecule has 0 aliphatic carbocycles. The van der Waals surface area contributed by atoms with Crippen LogP contribution in [0.3, 0.4) is 0 Å². The van der Waals surface area contributed by atoms with E-state index in [0.717, 1.165) is 33.8 Å². The molecule has 0 aliphatic rings. The van der Waals surface area contributed by atoms with Gasteiger partial charge in [-0.05, 0) is 24.6 Å². The number of thiazole rings is 1. The van der Waals surface area contributed by atoms with E-state index in [4.69, 9.17) is 0 Å². The van der Waals surface area contributed by atoms with E-state index in [1.165, 1.54) is 0 Å². The summed E-state index contributed by atoms with van der Waals surface area (Å²) in [7, 11) is 0. The summed E-state index contributed by atoms with van der Waals surface area (Å²) in [5.74, 6) is 0.856. The SMILES string of the molecule is CCN(Cc1ccccc1)C(=O)Nc1ccc2[nH+]c(-c3cscn3)[nH]c2c1. The molecule has 2 aromatic heterocycles. The summed E-state index contributed by atoms with van der Waals surface area (Å²) in [5, 5.41) is 4.97. The van der Waals surface area contributed by atoms with Crippen molar-refractivity contribution in [2.24, 2.45) is 0 Å².